The quantitative estimate of drug-likeness (QED) is 0.837. The van der Waals surface area contributed by atoms with E-state index < -0.39 is 17.4 Å². The molecule has 5 heteroatoms. The topological polar surface area (TPSA) is 61.8 Å². The van der Waals surface area contributed by atoms with Crippen LogP contribution in [0.5, 0.6) is 0 Å². The van der Waals surface area contributed by atoms with Crippen LogP contribution in [0.25, 0.3) is 0 Å². The van der Waals surface area contributed by atoms with Gasteiger partial charge in [0.25, 0.3) is 5.91 Å². The predicted molar refractivity (Wildman–Crippen MR) is 86.4 cm³/mol. The van der Waals surface area contributed by atoms with Gasteiger partial charge in [-0.3, -0.25) is 9.69 Å². The highest BCUT2D eigenvalue weighted by Gasteiger charge is 2.61. The van der Waals surface area contributed by atoms with Gasteiger partial charge in [-0.25, -0.2) is 0 Å². The first-order valence-electron chi connectivity index (χ1n) is 8.34. The van der Waals surface area contributed by atoms with Crippen LogP contribution < -0.4 is 5.32 Å². The Morgan fingerprint density at radius 1 is 1.23 bits per heavy atom. The number of rotatable bonds is 3. The maximum absolute atomic E-state index is 12.7. The summed E-state index contributed by atoms with van der Waals surface area (Å²) in [5, 5.41) is 12.9. The van der Waals surface area contributed by atoms with E-state index in [2.05, 4.69) is 37.9 Å². The molecular weight excluding hydrogens is 280 g/mol. The van der Waals surface area contributed by atoms with E-state index in [1.165, 1.54) is 0 Å². The number of aliphatic hydroxyl groups excluding tert-OH is 1. The number of piperidine rings is 1. The lowest BCUT2D eigenvalue weighted by molar-refractivity contribution is -0.187. The lowest BCUT2D eigenvalue weighted by Gasteiger charge is -2.58. The van der Waals surface area contributed by atoms with Crippen molar-refractivity contribution in [2.75, 3.05) is 6.54 Å². The van der Waals surface area contributed by atoms with Crippen LogP contribution in [-0.2, 0) is 9.53 Å². The Morgan fingerprint density at radius 3 is 2.09 bits per heavy atom. The van der Waals surface area contributed by atoms with Gasteiger partial charge in [-0.2, -0.15) is 0 Å². The molecule has 2 saturated heterocycles. The van der Waals surface area contributed by atoms with E-state index in [-0.39, 0.29) is 17.0 Å². The molecule has 128 valence electrons. The number of carbonyl (C=O) groups excluding carboxylic acids is 1. The van der Waals surface area contributed by atoms with E-state index in [1.54, 1.807) is 0 Å². The monoisotopic (exact) mass is 312 g/mol. The number of nitrogens with one attached hydrogen (secondary N) is 1. The number of hydrogen-bond acceptors (Lipinski definition) is 4. The molecule has 0 bridgehead atoms. The number of hydrogen-bond donors (Lipinski definition) is 2. The van der Waals surface area contributed by atoms with Crippen LogP contribution in [0, 0.1) is 0 Å². The van der Waals surface area contributed by atoms with Gasteiger partial charge >= 0.3 is 0 Å². The fraction of sp³-hybridized carbons (Fsp3) is 0.941. The molecule has 0 saturated carbocycles. The minimum absolute atomic E-state index is 0.00898. The Morgan fingerprint density at radius 2 is 1.73 bits per heavy atom. The molecule has 0 aromatic rings. The molecule has 2 rings (SSSR count). The average molecular weight is 312 g/mol. The summed E-state index contributed by atoms with van der Waals surface area (Å²) >= 11 is 0. The van der Waals surface area contributed by atoms with Gasteiger partial charge in [-0.1, -0.05) is 6.92 Å². The zero-order valence-corrected chi connectivity index (χ0v) is 15.1. The number of carbonyl (C=O) groups is 1. The Balaban J connectivity index is 2.35. The van der Waals surface area contributed by atoms with Crippen LogP contribution in [-0.4, -0.2) is 51.0 Å². The Kier molecular flexibility index (Phi) is 4.17. The van der Waals surface area contributed by atoms with Gasteiger partial charge in [0.2, 0.25) is 0 Å². The molecule has 2 fully saturated rings. The number of aliphatic hydroxyl groups is 1. The summed E-state index contributed by atoms with van der Waals surface area (Å²) in [7, 11) is 0. The molecule has 0 aliphatic carbocycles. The first kappa shape index (κ1) is 17.7. The highest BCUT2D eigenvalue weighted by molar-refractivity contribution is 5.88. The summed E-state index contributed by atoms with van der Waals surface area (Å²) < 4.78 is 6.31. The summed E-state index contributed by atoms with van der Waals surface area (Å²) in [5.41, 5.74) is -1.80. The lowest BCUT2D eigenvalue weighted by Crippen LogP contribution is -2.68. The van der Waals surface area contributed by atoms with Crippen molar-refractivity contribution in [3.8, 4) is 0 Å². The SMILES string of the molecule is CCC1(C)NC(=O)C2(CC(C)(C)N(CC(C)O)C(C)(C)C2)O1. The second kappa shape index (κ2) is 5.18. The van der Waals surface area contributed by atoms with Crippen molar-refractivity contribution < 1.29 is 14.6 Å². The molecule has 2 aliphatic heterocycles. The first-order chi connectivity index (χ1) is 9.86. The van der Waals surface area contributed by atoms with Gasteiger partial charge in [-0.05, 0) is 48.0 Å². The standard InChI is InChI=1S/C17H32N2O3/c1-8-16(7)18-13(21)17(22-16)10-14(3,4)19(9-12(2)20)15(5,6)11-17/h12,20H,8-11H2,1-7H3,(H,18,21). The normalized spacial score (nSPS) is 34.6. The van der Waals surface area contributed by atoms with E-state index in [0.29, 0.717) is 19.4 Å². The number of likely N-dealkylation sites (tertiary alicyclic amines) is 1. The minimum Gasteiger partial charge on any atom is -0.392 e. The van der Waals surface area contributed by atoms with Gasteiger partial charge < -0.3 is 15.2 Å². The summed E-state index contributed by atoms with van der Waals surface area (Å²) in [5.74, 6) is 0.00898. The van der Waals surface area contributed by atoms with E-state index in [9.17, 15) is 9.90 Å². The molecule has 0 aromatic heterocycles. The van der Waals surface area contributed by atoms with Crippen LogP contribution in [0.15, 0.2) is 0 Å². The van der Waals surface area contributed by atoms with E-state index in [0.717, 1.165) is 6.42 Å². The Bertz CT molecular complexity index is 441. The maximum atomic E-state index is 12.7. The molecule has 1 spiro atoms. The van der Waals surface area contributed by atoms with Crippen LogP contribution in [0.1, 0.15) is 67.7 Å². The van der Waals surface area contributed by atoms with E-state index in [4.69, 9.17) is 4.74 Å². The van der Waals surface area contributed by atoms with Crippen LogP contribution in [0.4, 0.5) is 0 Å². The molecule has 2 N–H and O–H groups in total. The van der Waals surface area contributed by atoms with Crippen molar-refractivity contribution in [2.24, 2.45) is 0 Å². The van der Waals surface area contributed by atoms with Crippen LogP contribution in [0.2, 0.25) is 0 Å². The molecule has 2 unspecified atom stereocenters. The second-order valence-corrected chi connectivity index (χ2v) is 8.57. The zero-order chi connectivity index (χ0) is 17.0. The van der Waals surface area contributed by atoms with Crippen molar-refractivity contribution in [1.29, 1.82) is 0 Å². The number of nitrogens with zero attached hydrogens (tertiary/aromatic N) is 1. The number of amides is 1. The van der Waals surface area contributed by atoms with Crippen molar-refractivity contribution in [3.63, 3.8) is 0 Å². The Hall–Kier alpha value is -0.650. The number of β-amino-alcohol motifs (C(OH)–C–C–N with tert-alkyl or cyclic N) is 1. The van der Waals surface area contributed by atoms with E-state index in [1.807, 2.05) is 20.8 Å². The highest BCUT2D eigenvalue weighted by atomic mass is 16.6. The third-order valence-corrected chi connectivity index (χ3v) is 5.23. The molecule has 1 amide bonds. The van der Waals surface area contributed by atoms with Crippen molar-refractivity contribution in [2.45, 2.75) is 96.2 Å². The maximum Gasteiger partial charge on any atom is 0.254 e. The predicted octanol–water partition coefficient (Wildman–Crippen LogP) is 2.03. The molecule has 2 heterocycles. The van der Waals surface area contributed by atoms with Crippen molar-refractivity contribution >= 4 is 5.91 Å². The fourth-order valence-corrected chi connectivity index (χ4v) is 4.48. The molecule has 5 nitrogen and oxygen atoms in total. The van der Waals surface area contributed by atoms with Crippen molar-refractivity contribution in [1.82, 2.24) is 10.2 Å². The first-order valence-corrected chi connectivity index (χ1v) is 8.34. The molecule has 0 aromatic carbocycles. The van der Waals surface area contributed by atoms with Gasteiger partial charge in [0, 0.05) is 30.5 Å². The third-order valence-electron chi connectivity index (χ3n) is 5.23. The summed E-state index contributed by atoms with van der Waals surface area (Å²) in [6.07, 6.45) is 1.63. The summed E-state index contributed by atoms with van der Waals surface area (Å²) in [6, 6.07) is 0. The Labute approximate surface area is 134 Å². The lowest BCUT2D eigenvalue weighted by atomic mass is 9.70. The van der Waals surface area contributed by atoms with Gasteiger partial charge in [0.05, 0.1) is 6.10 Å². The largest absolute Gasteiger partial charge is 0.392 e. The molecule has 2 aliphatic rings. The van der Waals surface area contributed by atoms with Crippen LogP contribution in [0.3, 0.4) is 0 Å². The molecular formula is C17H32N2O3. The zero-order valence-electron chi connectivity index (χ0n) is 15.1. The fourth-order valence-electron chi connectivity index (χ4n) is 4.48. The summed E-state index contributed by atoms with van der Waals surface area (Å²) in [6.45, 7) is 14.9. The van der Waals surface area contributed by atoms with Gasteiger partial charge in [-0.15, -0.1) is 0 Å². The summed E-state index contributed by atoms with van der Waals surface area (Å²) in [4.78, 5) is 15.0. The molecule has 22 heavy (non-hydrogen) atoms. The number of ether oxygens (including phenoxy) is 1. The average Bonchev–Trinajstić information content (AvgIpc) is 2.55. The smallest absolute Gasteiger partial charge is 0.254 e. The van der Waals surface area contributed by atoms with E-state index >= 15 is 0 Å². The van der Waals surface area contributed by atoms with Crippen LogP contribution >= 0.6 is 0 Å². The highest BCUT2D eigenvalue weighted by Crippen LogP contribution is 2.49. The molecule has 2 atom stereocenters. The molecule has 0 radical (unpaired) electrons. The minimum atomic E-state index is -0.771. The van der Waals surface area contributed by atoms with Crippen molar-refractivity contribution in [3.05, 3.63) is 0 Å². The third kappa shape index (κ3) is 2.91. The second-order valence-electron chi connectivity index (χ2n) is 8.57. The van der Waals surface area contributed by atoms with Gasteiger partial charge in [0.1, 0.15) is 5.72 Å². The van der Waals surface area contributed by atoms with Gasteiger partial charge in [0.15, 0.2) is 5.60 Å².